The number of aromatic nitrogens is 1. The average molecular weight is 292 g/mol. The lowest BCUT2D eigenvalue weighted by molar-refractivity contribution is -0.693. The topological polar surface area (TPSA) is 25.5 Å². The predicted octanol–water partition coefficient (Wildman–Crippen LogP) is -2.02. The Bertz CT molecular complexity index is 276. The van der Waals surface area contributed by atoms with Crippen molar-refractivity contribution in [3.8, 4) is 0 Å². The molecule has 1 aromatic heterocycles. The van der Waals surface area contributed by atoms with Gasteiger partial charge in [0.05, 0.1) is 11.8 Å². The van der Waals surface area contributed by atoms with Crippen LogP contribution in [0.25, 0.3) is 0 Å². The molecule has 1 heterocycles. The van der Waals surface area contributed by atoms with Crippen LogP contribution in [-0.2, 0) is 11.4 Å². The highest BCUT2D eigenvalue weighted by molar-refractivity contribution is 5.77. The van der Waals surface area contributed by atoms with E-state index in [9.17, 15) is 0 Å². The molecule has 4 heteroatoms. The normalized spacial score (nSPS) is 9.69. The molecule has 0 saturated heterocycles. The molecule has 72 valence electrons. The molecule has 0 bridgehead atoms. The zero-order chi connectivity index (χ0) is 8.81. The molecule has 0 radical (unpaired) electrons. The number of aryl methyl sites for hydroxylation is 1. The molecule has 1 aromatic rings. The van der Waals surface area contributed by atoms with Crippen molar-refractivity contribution in [1.82, 2.24) is 0 Å². The molecule has 0 saturated carbocycles. The molecular weight excluding hydrogens is 279 g/mol. The maximum absolute atomic E-state index is 4.58. The van der Waals surface area contributed by atoms with Gasteiger partial charge in [0.2, 0.25) is 0 Å². The van der Waals surface area contributed by atoms with E-state index in [2.05, 4.69) is 21.5 Å². The Labute approximate surface area is 95.4 Å². The van der Waals surface area contributed by atoms with E-state index in [0.717, 1.165) is 12.1 Å². The van der Waals surface area contributed by atoms with E-state index in [1.807, 2.05) is 24.5 Å². The number of hydrogen-bond donors (Lipinski definition) is 0. The fraction of sp³-hybridized carbons (Fsp3) is 0.333. The summed E-state index contributed by atoms with van der Waals surface area (Å²) < 4.78 is 2.08. The molecule has 0 spiro atoms. The summed E-state index contributed by atoms with van der Waals surface area (Å²) in [7, 11) is 1.54. The van der Waals surface area contributed by atoms with Gasteiger partial charge < -0.3 is 28.8 Å². The van der Waals surface area contributed by atoms with Crippen molar-refractivity contribution in [3.05, 3.63) is 30.1 Å². The lowest BCUT2D eigenvalue weighted by Crippen LogP contribution is -3.00. The Hall–Kier alpha value is -0.650. The number of rotatable bonds is 3. The Morgan fingerprint density at radius 1 is 1.62 bits per heavy atom. The zero-order valence-electron chi connectivity index (χ0n) is 7.77. The van der Waals surface area contributed by atoms with Crippen LogP contribution in [0.2, 0.25) is 0 Å². The second-order valence-corrected chi connectivity index (χ2v) is 2.38. The summed E-state index contributed by atoms with van der Waals surface area (Å²) in [6.07, 6.45) is 5.72. The van der Waals surface area contributed by atoms with E-state index in [0.29, 0.717) is 0 Å². The lowest BCUT2D eigenvalue weighted by atomic mass is 10.3. The van der Waals surface area contributed by atoms with E-state index >= 15 is 0 Å². The van der Waals surface area contributed by atoms with Gasteiger partial charge in [-0.3, -0.25) is 0 Å². The quantitative estimate of drug-likeness (QED) is 0.273. The van der Waals surface area contributed by atoms with Crippen molar-refractivity contribution in [2.45, 2.75) is 13.5 Å². The first kappa shape index (κ1) is 12.3. The Kier molecular flexibility index (Phi) is 6.48. The first-order chi connectivity index (χ1) is 5.86. The predicted molar refractivity (Wildman–Crippen MR) is 46.9 cm³/mol. The van der Waals surface area contributed by atoms with Crippen LogP contribution in [0.4, 0.5) is 0 Å². The minimum atomic E-state index is 0. The average Bonchev–Trinajstić information content (AvgIpc) is 2.15. The summed E-state index contributed by atoms with van der Waals surface area (Å²) in [5.74, 6) is 0. The number of oxime groups is 1. The van der Waals surface area contributed by atoms with Crippen molar-refractivity contribution in [2.24, 2.45) is 5.16 Å². The van der Waals surface area contributed by atoms with Gasteiger partial charge in [0.1, 0.15) is 13.7 Å². The van der Waals surface area contributed by atoms with Crippen LogP contribution >= 0.6 is 0 Å². The van der Waals surface area contributed by atoms with E-state index < -0.39 is 0 Å². The minimum absolute atomic E-state index is 0. The Morgan fingerprint density at radius 2 is 2.38 bits per heavy atom. The van der Waals surface area contributed by atoms with E-state index in [1.165, 1.54) is 7.11 Å². The van der Waals surface area contributed by atoms with Gasteiger partial charge in [-0.05, 0) is 13.0 Å². The lowest BCUT2D eigenvalue weighted by Gasteiger charge is -1.92. The third-order valence-corrected chi connectivity index (χ3v) is 1.55. The molecule has 0 unspecified atom stereocenters. The molecule has 0 N–H and O–H groups in total. The van der Waals surface area contributed by atoms with Gasteiger partial charge in [-0.25, -0.2) is 4.57 Å². The van der Waals surface area contributed by atoms with E-state index in [-0.39, 0.29) is 24.0 Å². The summed E-state index contributed by atoms with van der Waals surface area (Å²) in [6, 6.07) is 3.97. The molecule has 13 heavy (non-hydrogen) atoms. The SMILES string of the molecule is CC[n+]1cccc(/C=N/OC)c1.[I-]. The molecule has 0 aliphatic heterocycles. The fourth-order valence-corrected chi connectivity index (χ4v) is 0.929. The van der Waals surface area contributed by atoms with Gasteiger partial charge in [-0.1, -0.05) is 5.16 Å². The molecule has 3 nitrogen and oxygen atoms in total. The molecule has 0 fully saturated rings. The van der Waals surface area contributed by atoms with Gasteiger partial charge in [0.25, 0.3) is 0 Å². The highest BCUT2D eigenvalue weighted by atomic mass is 127. The van der Waals surface area contributed by atoms with Crippen LogP contribution in [0.3, 0.4) is 0 Å². The van der Waals surface area contributed by atoms with Crippen molar-refractivity contribution in [3.63, 3.8) is 0 Å². The van der Waals surface area contributed by atoms with Gasteiger partial charge in [-0.15, -0.1) is 0 Å². The first-order valence-electron chi connectivity index (χ1n) is 3.92. The van der Waals surface area contributed by atoms with Crippen molar-refractivity contribution in [1.29, 1.82) is 0 Å². The molecule has 1 rings (SSSR count). The van der Waals surface area contributed by atoms with Gasteiger partial charge in [0.15, 0.2) is 12.4 Å². The molecule has 0 aromatic carbocycles. The van der Waals surface area contributed by atoms with Crippen LogP contribution in [0.15, 0.2) is 29.7 Å². The van der Waals surface area contributed by atoms with Gasteiger partial charge >= 0.3 is 0 Å². The van der Waals surface area contributed by atoms with Crippen LogP contribution in [0.5, 0.6) is 0 Å². The third kappa shape index (κ3) is 4.21. The van der Waals surface area contributed by atoms with Crippen molar-refractivity contribution >= 4 is 6.21 Å². The first-order valence-corrected chi connectivity index (χ1v) is 3.92. The van der Waals surface area contributed by atoms with Crippen molar-refractivity contribution < 1.29 is 33.4 Å². The second kappa shape index (κ2) is 6.82. The molecular formula is C9H13IN2O. The summed E-state index contributed by atoms with van der Waals surface area (Å²) in [4.78, 5) is 4.58. The number of pyridine rings is 1. The molecule has 0 amide bonds. The molecule has 0 aliphatic carbocycles. The van der Waals surface area contributed by atoms with Gasteiger partial charge in [0, 0.05) is 6.07 Å². The Balaban J connectivity index is 0.00000144. The third-order valence-electron chi connectivity index (χ3n) is 1.55. The monoisotopic (exact) mass is 292 g/mol. The Morgan fingerprint density at radius 3 is 3.00 bits per heavy atom. The maximum atomic E-state index is 4.58. The number of nitrogens with zero attached hydrogens (tertiary/aromatic N) is 2. The summed E-state index contributed by atoms with van der Waals surface area (Å²) >= 11 is 0. The smallest absolute Gasteiger partial charge is 0.177 e. The van der Waals surface area contributed by atoms with Crippen LogP contribution in [-0.4, -0.2) is 13.3 Å². The van der Waals surface area contributed by atoms with Crippen LogP contribution < -0.4 is 28.5 Å². The largest absolute Gasteiger partial charge is 1.00 e. The van der Waals surface area contributed by atoms with E-state index in [1.54, 1.807) is 6.21 Å². The fourth-order valence-electron chi connectivity index (χ4n) is 0.929. The summed E-state index contributed by atoms with van der Waals surface area (Å²) in [6.45, 7) is 3.06. The highest BCUT2D eigenvalue weighted by Gasteiger charge is 1.96. The molecule has 0 atom stereocenters. The zero-order valence-corrected chi connectivity index (χ0v) is 9.93. The summed E-state index contributed by atoms with van der Waals surface area (Å²) in [5, 5.41) is 3.68. The highest BCUT2D eigenvalue weighted by Crippen LogP contribution is 1.89. The number of halogens is 1. The van der Waals surface area contributed by atoms with Crippen molar-refractivity contribution in [2.75, 3.05) is 7.11 Å². The number of hydrogen-bond acceptors (Lipinski definition) is 2. The van der Waals surface area contributed by atoms with Gasteiger partial charge in [-0.2, -0.15) is 0 Å². The summed E-state index contributed by atoms with van der Waals surface area (Å²) in [5.41, 5.74) is 1.04. The van der Waals surface area contributed by atoms with Crippen LogP contribution in [0, 0.1) is 0 Å². The molecule has 0 aliphatic rings. The van der Waals surface area contributed by atoms with Crippen LogP contribution in [0.1, 0.15) is 12.5 Å². The maximum Gasteiger partial charge on any atom is 0.177 e. The minimum Gasteiger partial charge on any atom is -1.00 e. The second-order valence-electron chi connectivity index (χ2n) is 2.38. The standard InChI is InChI=1S/C9H13N2O.HI/c1-3-11-6-4-5-9(8-11)7-10-12-2;/h4-8H,3H2,1-2H3;1H/q+1;/p-1/b10-7+;. The van der Waals surface area contributed by atoms with E-state index in [4.69, 9.17) is 0 Å².